The average Bonchev–Trinajstić information content (AvgIpc) is 3.38. The Balaban J connectivity index is 1.43. The lowest BCUT2D eigenvalue weighted by molar-refractivity contribution is -0.00503. The number of likely N-dealkylation sites (N-methyl/N-ethyl adjacent to an activating group) is 1. The van der Waals surface area contributed by atoms with Crippen molar-refractivity contribution in [3.05, 3.63) is 46.2 Å². The highest BCUT2D eigenvalue weighted by Gasteiger charge is 2.41. The molecule has 190 valence electrons. The van der Waals surface area contributed by atoms with Crippen molar-refractivity contribution in [3.63, 3.8) is 0 Å². The number of hydrogen-bond donors (Lipinski definition) is 2. The minimum atomic E-state index is -0.0975. The van der Waals surface area contributed by atoms with Gasteiger partial charge in [-0.1, -0.05) is 50.3 Å². The van der Waals surface area contributed by atoms with Crippen LogP contribution >= 0.6 is 0 Å². The number of aromatic amines is 1. The van der Waals surface area contributed by atoms with E-state index in [0.717, 1.165) is 62.8 Å². The summed E-state index contributed by atoms with van der Waals surface area (Å²) in [6, 6.07) is 10.1. The first-order chi connectivity index (χ1) is 17.0. The number of para-hydroxylation sites is 1. The summed E-state index contributed by atoms with van der Waals surface area (Å²) in [6.45, 7) is 5.26. The fourth-order valence-electron chi connectivity index (χ4n) is 6.47. The molecule has 0 spiro atoms. The van der Waals surface area contributed by atoms with Crippen LogP contribution in [0.3, 0.4) is 0 Å². The third-order valence-corrected chi connectivity index (χ3v) is 8.61. The predicted octanol–water partition coefficient (Wildman–Crippen LogP) is 3.93. The molecule has 1 aliphatic heterocycles. The minimum absolute atomic E-state index is 0.00383. The second-order valence-electron chi connectivity index (χ2n) is 11.1. The molecule has 2 saturated carbocycles. The number of rotatable bonds is 6. The van der Waals surface area contributed by atoms with Crippen molar-refractivity contribution in [1.82, 2.24) is 25.0 Å². The number of pyridine rings is 1. The summed E-state index contributed by atoms with van der Waals surface area (Å²) in [5, 5.41) is 4.32. The van der Waals surface area contributed by atoms with Crippen molar-refractivity contribution in [2.45, 2.75) is 75.9 Å². The first kappa shape index (κ1) is 24.3. The summed E-state index contributed by atoms with van der Waals surface area (Å²) in [6.07, 6.45) is 10.4. The number of fused-ring (bicyclic) bond motifs is 1. The number of aromatic nitrogens is 1. The highest BCUT2D eigenvalue weighted by Crippen LogP contribution is 2.36. The molecule has 3 aliphatic rings. The first-order valence-electron chi connectivity index (χ1n) is 13.6. The SMILES string of the molecule is CN1CCN(C2(CN(Cc3cc4ccccc4[nH]c3=O)C(=O)NC3CCCC3)CCCCC2)CC1. The molecule has 0 atom stereocenters. The van der Waals surface area contributed by atoms with Crippen molar-refractivity contribution in [2.24, 2.45) is 0 Å². The van der Waals surface area contributed by atoms with Crippen molar-refractivity contribution in [3.8, 4) is 0 Å². The number of nitrogens with one attached hydrogen (secondary N) is 2. The van der Waals surface area contributed by atoms with Crippen LogP contribution in [0.15, 0.2) is 35.1 Å². The standard InChI is InChI=1S/C28H41N5O2/c1-31-15-17-33(18-16-31)28(13-7-2-8-14-28)21-32(27(35)29-24-10-4-5-11-24)20-23-19-22-9-3-6-12-25(22)30-26(23)34/h3,6,9,12,19,24H,2,4-5,7-8,10-11,13-18,20-21H2,1H3,(H,29,35)(H,30,34). The van der Waals surface area contributed by atoms with Crippen molar-refractivity contribution in [1.29, 1.82) is 0 Å². The maximum atomic E-state index is 13.7. The van der Waals surface area contributed by atoms with Crippen LogP contribution in [0.4, 0.5) is 4.79 Å². The second kappa shape index (κ2) is 10.7. The van der Waals surface area contributed by atoms with E-state index in [1.807, 2.05) is 35.2 Å². The van der Waals surface area contributed by atoms with Gasteiger partial charge in [0.15, 0.2) is 0 Å². The molecule has 2 aromatic rings. The highest BCUT2D eigenvalue weighted by molar-refractivity contribution is 5.79. The average molecular weight is 480 g/mol. The van der Waals surface area contributed by atoms with E-state index in [0.29, 0.717) is 18.7 Å². The Morgan fingerprint density at radius 1 is 1.06 bits per heavy atom. The van der Waals surface area contributed by atoms with Gasteiger partial charge in [-0.25, -0.2) is 4.79 Å². The topological polar surface area (TPSA) is 71.7 Å². The maximum Gasteiger partial charge on any atom is 0.317 e. The molecule has 7 nitrogen and oxygen atoms in total. The number of nitrogens with zero attached hydrogens (tertiary/aromatic N) is 3. The largest absolute Gasteiger partial charge is 0.335 e. The van der Waals surface area contributed by atoms with Crippen molar-refractivity contribution < 1.29 is 4.79 Å². The van der Waals surface area contributed by atoms with Crippen LogP contribution in [-0.2, 0) is 6.54 Å². The molecular weight excluding hydrogens is 438 g/mol. The van der Waals surface area contributed by atoms with E-state index >= 15 is 0 Å². The van der Waals surface area contributed by atoms with Gasteiger partial charge in [-0.3, -0.25) is 9.69 Å². The normalized spacial score (nSPS) is 21.9. The zero-order valence-electron chi connectivity index (χ0n) is 21.2. The second-order valence-corrected chi connectivity index (χ2v) is 11.1. The number of carbonyl (C=O) groups excluding carboxylic acids is 1. The fourth-order valence-corrected chi connectivity index (χ4v) is 6.47. The molecule has 0 unspecified atom stereocenters. The number of H-pyrrole nitrogens is 1. The van der Waals surface area contributed by atoms with Crippen LogP contribution in [0.1, 0.15) is 63.4 Å². The van der Waals surface area contributed by atoms with Crippen molar-refractivity contribution in [2.75, 3.05) is 39.8 Å². The number of amides is 2. The Labute approximate surface area is 208 Å². The monoisotopic (exact) mass is 479 g/mol. The molecule has 5 rings (SSSR count). The molecular formula is C28H41N5O2. The van der Waals surface area contributed by atoms with Crippen LogP contribution in [0.25, 0.3) is 10.9 Å². The Hall–Kier alpha value is -2.38. The predicted molar refractivity (Wildman–Crippen MR) is 141 cm³/mol. The Morgan fingerprint density at radius 3 is 2.51 bits per heavy atom. The Morgan fingerprint density at radius 2 is 1.77 bits per heavy atom. The van der Waals surface area contributed by atoms with Gasteiger partial charge in [0, 0.05) is 55.4 Å². The molecule has 1 aromatic heterocycles. The van der Waals surface area contributed by atoms with Crippen LogP contribution in [-0.4, -0.2) is 77.1 Å². The van der Waals surface area contributed by atoms with Gasteiger partial charge in [0.25, 0.3) is 5.56 Å². The third-order valence-electron chi connectivity index (χ3n) is 8.61. The van der Waals surface area contributed by atoms with Gasteiger partial charge >= 0.3 is 6.03 Å². The number of piperazine rings is 1. The molecule has 3 fully saturated rings. The number of hydrogen-bond acceptors (Lipinski definition) is 4. The number of carbonyl (C=O) groups is 1. The van der Waals surface area contributed by atoms with E-state index in [1.165, 1.54) is 32.1 Å². The fraction of sp³-hybridized carbons (Fsp3) is 0.643. The van der Waals surface area contributed by atoms with Gasteiger partial charge in [0.2, 0.25) is 0 Å². The van der Waals surface area contributed by atoms with E-state index in [4.69, 9.17) is 0 Å². The molecule has 0 bridgehead atoms. The molecule has 2 amide bonds. The van der Waals surface area contributed by atoms with Gasteiger partial charge in [-0.15, -0.1) is 0 Å². The lowest BCUT2D eigenvalue weighted by atomic mass is 9.79. The van der Waals surface area contributed by atoms with E-state index in [2.05, 4.69) is 27.1 Å². The summed E-state index contributed by atoms with van der Waals surface area (Å²) in [7, 11) is 2.19. The number of benzene rings is 1. The lowest BCUT2D eigenvalue weighted by Gasteiger charge is -2.51. The van der Waals surface area contributed by atoms with Crippen LogP contribution < -0.4 is 10.9 Å². The van der Waals surface area contributed by atoms with E-state index < -0.39 is 0 Å². The summed E-state index contributed by atoms with van der Waals surface area (Å²) in [4.78, 5) is 36.8. The molecule has 0 radical (unpaired) electrons. The number of urea groups is 1. The first-order valence-corrected chi connectivity index (χ1v) is 13.6. The summed E-state index contributed by atoms with van der Waals surface area (Å²) in [5.41, 5.74) is 1.40. The minimum Gasteiger partial charge on any atom is -0.335 e. The van der Waals surface area contributed by atoms with E-state index in [1.54, 1.807) is 0 Å². The van der Waals surface area contributed by atoms with Crippen molar-refractivity contribution >= 4 is 16.9 Å². The van der Waals surface area contributed by atoms with Gasteiger partial charge in [-0.05, 0) is 50.2 Å². The smallest absolute Gasteiger partial charge is 0.317 e. The van der Waals surface area contributed by atoms with Crippen LogP contribution in [0.2, 0.25) is 0 Å². The molecule has 7 heteroatoms. The van der Waals surface area contributed by atoms with Gasteiger partial charge in [0.1, 0.15) is 0 Å². The highest BCUT2D eigenvalue weighted by atomic mass is 16.2. The quantitative estimate of drug-likeness (QED) is 0.659. The Bertz CT molecular complexity index is 1060. The van der Waals surface area contributed by atoms with Gasteiger partial charge in [0.05, 0.1) is 6.54 Å². The van der Waals surface area contributed by atoms with Gasteiger partial charge < -0.3 is 20.1 Å². The lowest BCUT2D eigenvalue weighted by Crippen LogP contribution is -2.62. The molecule has 2 aliphatic carbocycles. The molecule has 1 saturated heterocycles. The summed E-state index contributed by atoms with van der Waals surface area (Å²) in [5.74, 6) is 0. The zero-order valence-corrected chi connectivity index (χ0v) is 21.2. The van der Waals surface area contributed by atoms with Crippen LogP contribution in [0, 0.1) is 0 Å². The maximum absolute atomic E-state index is 13.7. The molecule has 1 aromatic carbocycles. The summed E-state index contributed by atoms with van der Waals surface area (Å²) < 4.78 is 0. The Kier molecular flexibility index (Phi) is 7.44. The summed E-state index contributed by atoms with van der Waals surface area (Å²) >= 11 is 0. The third kappa shape index (κ3) is 5.56. The van der Waals surface area contributed by atoms with Gasteiger partial charge in [-0.2, -0.15) is 0 Å². The van der Waals surface area contributed by atoms with Crippen LogP contribution in [0.5, 0.6) is 0 Å². The molecule has 35 heavy (non-hydrogen) atoms. The molecule has 2 N–H and O–H groups in total. The van der Waals surface area contributed by atoms with E-state index in [9.17, 15) is 9.59 Å². The molecule has 2 heterocycles. The van der Waals surface area contributed by atoms with E-state index in [-0.39, 0.29) is 23.2 Å². The zero-order chi connectivity index (χ0) is 24.3.